The van der Waals surface area contributed by atoms with E-state index in [0.717, 1.165) is 51.5 Å². The maximum absolute atomic E-state index is 10.8. The van der Waals surface area contributed by atoms with Crippen LogP contribution in [0.15, 0.2) is 66.7 Å². The van der Waals surface area contributed by atoms with Gasteiger partial charge in [0.15, 0.2) is 0 Å². The standard InChI is InChI=1S/C28H25N3O2/c1-3-24(25-14-20(16-29)5-4-18(25)2)28(22-11-12-26(31)23(15-22)17-30)21-9-6-19(7-10-21)8-13-27(32)33/h4-15,17,30H,3,31H2,1-2H3,(H,32,33)/b13-8+,28-24+,30-17?. The first kappa shape index (κ1) is 23.2. The van der Waals surface area contributed by atoms with Crippen molar-refractivity contribution in [3.05, 3.63) is 106 Å². The van der Waals surface area contributed by atoms with E-state index in [2.05, 4.69) is 13.0 Å². The van der Waals surface area contributed by atoms with Gasteiger partial charge in [-0.25, -0.2) is 4.79 Å². The van der Waals surface area contributed by atoms with Gasteiger partial charge in [-0.1, -0.05) is 43.3 Å². The van der Waals surface area contributed by atoms with Crippen molar-refractivity contribution in [3.8, 4) is 6.07 Å². The first-order valence-corrected chi connectivity index (χ1v) is 10.5. The highest BCUT2D eigenvalue weighted by atomic mass is 16.4. The van der Waals surface area contributed by atoms with Crippen molar-refractivity contribution in [2.45, 2.75) is 20.3 Å². The Labute approximate surface area is 193 Å². The Balaban J connectivity index is 2.31. The van der Waals surface area contributed by atoms with Gasteiger partial charge in [0.2, 0.25) is 0 Å². The number of aryl methyl sites for hydroxylation is 1. The number of nitrogens with zero attached hydrogens (tertiary/aromatic N) is 1. The number of carboxylic acid groups (broad SMARTS) is 1. The Kier molecular flexibility index (Phi) is 7.22. The van der Waals surface area contributed by atoms with Crippen LogP contribution >= 0.6 is 0 Å². The SMILES string of the molecule is CC/C(=C(/c1ccc(/C=C/C(=O)O)cc1)c1ccc(N)c(C=N)c1)c1cc(C#N)ccc1C. The zero-order chi connectivity index (χ0) is 24.0. The molecule has 0 spiro atoms. The molecule has 33 heavy (non-hydrogen) atoms. The molecule has 0 radical (unpaired) electrons. The van der Waals surface area contributed by atoms with Crippen LogP contribution < -0.4 is 5.73 Å². The number of rotatable bonds is 7. The predicted molar refractivity (Wildman–Crippen MR) is 134 cm³/mol. The van der Waals surface area contributed by atoms with Crippen LogP contribution in [-0.4, -0.2) is 17.3 Å². The number of carbonyl (C=O) groups is 1. The lowest BCUT2D eigenvalue weighted by Crippen LogP contribution is -2.00. The second-order valence-electron chi connectivity index (χ2n) is 7.63. The Hall–Kier alpha value is -4.43. The maximum Gasteiger partial charge on any atom is 0.328 e. The van der Waals surface area contributed by atoms with Gasteiger partial charge in [-0.05, 0) is 82.6 Å². The van der Waals surface area contributed by atoms with Crippen molar-refractivity contribution >= 4 is 35.1 Å². The number of nitriles is 1. The molecule has 0 aliphatic rings. The van der Waals surface area contributed by atoms with E-state index in [4.69, 9.17) is 16.2 Å². The molecule has 3 aromatic carbocycles. The maximum atomic E-state index is 10.8. The molecule has 0 aromatic heterocycles. The van der Waals surface area contributed by atoms with E-state index in [1.54, 1.807) is 12.1 Å². The van der Waals surface area contributed by atoms with Crippen LogP contribution in [0.3, 0.4) is 0 Å². The summed E-state index contributed by atoms with van der Waals surface area (Å²) in [6.07, 6.45) is 4.61. The smallest absolute Gasteiger partial charge is 0.328 e. The van der Waals surface area contributed by atoms with Crippen LogP contribution in [0.2, 0.25) is 0 Å². The second kappa shape index (κ2) is 10.3. The monoisotopic (exact) mass is 435 g/mol. The normalized spacial score (nSPS) is 11.7. The number of nitrogens with two attached hydrogens (primary N) is 1. The summed E-state index contributed by atoms with van der Waals surface area (Å²) < 4.78 is 0. The third-order valence-electron chi connectivity index (χ3n) is 5.50. The number of benzene rings is 3. The fourth-order valence-corrected chi connectivity index (χ4v) is 3.82. The average molecular weight is 436 g/mol. The van der Waals surface area contributed by atoms with E-state index in [1.165, 1.54) is 6.21 Å². The molecular formula is C28H25N3O2. The first-order chi connectivity index (χ1) is 15.9. The van der Waals surface area contributed by atoms with Gasteiger partial charge in [-0.3, -0.25) is 0 Å². The molecule has 0 unspecified atom stereocenters. The lowest BCUT2D eigenvalue weighted by atomic mass is 9.85. The molecule has 0 amide bonds. The van der Waals surface area contributed by atoms with E-state index in [0.29, 0.717) is 16.8 Å². The lowest BCUT2D eigenvalue weighted by Gasteiger charge is -2.19. The van der Waals surface area contributed by atoms with E-state index < -0.39 is 5.97 Å². The Bertz CT molecular complexity index is 1310. The molecular weight excluding hydrogens is 410 g/mol. The number of allylic oxidation sites excluding steroid dienone is 1. The topological polar surface area (TPSA) is 111 Å². The molecule has 164 valence electrons. The largest absolute Gasteiger partial charge is 0.478 e. The Morgan fingerprint density at radius 1 is 1.09 bits per heavy atom. The van der Waals surface area contributed by atoms with Gasteiger partial charge in [0.1, 0.15) is 0 Å². The Morgan fingerprint density at radius 3 is 2.39 bits per heavy atom. The molecule has 0 bridgehead atoms. The summed E-state index contributed by atoms with van der Waals surface area (Å²) in [6.45, 7) is 4.10. The Morgan fingerprint density at radius 2 is 1.79 bits per heavy atom. The fraction of sp³-hybridized carbons (Fsp3) is 0.107. The van der Waals surface area contributed by atoms with Crippen molar-refractivity contribution in [1.82, 2.24) is 0 Å². The second-order valence-corrected chi connectivity index (χ2v) is 7.63. The third-order valence-corrected chi connectivity index (χ3v) is 5.50. The van der Waals surface area contributed by atoms with E-state index in [9.17, 15) is 10.1 Å². The van der Waals surface area contributed by atoms with Gasteiger partial charge in [-0.2, -0.15) is 5.26 Å². The van der Waals surface area contributed by atoms with Gasteiger partial charge < -0.3 is 16.2 Å². The molecule has 5 heteroatoms. The zero-order valence-corrected chi connectivity index (χ0v) is 18.6. The molecule has 5 nitrogen and oxygen atoms in total. The quantitative estimate of drug-likeness (QED) is 0.185. The highest BCUT2D eigenvalue weighted by Crippen LogP contribution is 2.37. The molecule has 0 fully saturated rings. The molecule has 0 saturated carbocycles. The van der Waals surface area contributed by atoms with Gasteiger partial charge >= 0.3 is 5.97 Å². The molecule has 0 saturated heterocycles. The molecule has 3 rings (SSSR count). The van der Waals surface area contributed by atoms with Gasteiger partial charge in [0.25, 0.3) is 0 Å². The number of hydrogen-bond donors (Lipinski definition) is 3. The minimum absolute atomic E-state index is 0.531. The number of hydrogen-bond acceptors (Lipinski definition) is 4. The van der Waals surface area contributed by atoms with Crippen LogP contribution in [0, 0.1) is 23.7 Å². The van der Waals surface area contributed by atoms with Crippen LogP contribution in [0.25, 0.3) is 17.2 Å². The first-order valence-electron chi connectivity index (χ1n) is 10.5. The molecule has 0 atom stereocenters. The lowest BCUT2D eigenvalue weighted by molar-refractivity contribution is -0.131. The summed E-state index contributed by atoms with van der Waals surface area (Å²) in [6, 6.07) is 21.2. The number of anilines is 1. The van der Waals surface area contributed by atoms with Crippen LogP contribution in [0.1, 0.15) is 52.3 Å². The summed E-state index contributed by atoms with van der Waals surface area (Å²) in [4.78, 5) is 10.8. The van der Waals surface area contributed by atoms with Gasteiger partial charge in [0.05, 0.1) is 11.6 Å². The third kappa shape index (κ3) is 5.25. The van der Waals surface area contributed by atoms with E-state index in [-0.39, 0.29) is 0 Å². The highest BCUT2D eigenvalue weighted by Gasteiger charge is 2.16. The predicted octanol–water partition coefficient (Wildman–Crippen LogP) is 5.91. The number of nitrogen functional groups attached to an aromatic ring is 1. The molecule has 0 heterocycles. The number of nitrogens with one attached hydrogen (secondary N) is 1. The average Bonchev–Trinajstić information content (AvgIpc) is 2.83. The number of carboxylic acids is 1. The van der Waals surface area contributed by atoms with Crippen molar-refractivity contribution in [2.75, 3.05) is 5.73 Å². The minimum atomic E-state index is -0.998. The fourth-order valence-electron chi connectivity index (χ4n) is 3.82. The van der Waals surface area contributed by atoms with Crippen LogP contribution in [0.4, 0.5) is 5.69 Å². The summed E-state index contributed by atoms with van der Waals surface area (Å²) in [5.41, 5.74) is 14.5. The minimum Gasteiger partial charge on any atom is -0.478 e. The van der Waals surface area contributed by atoms with E-state index in [1.807, 2.05) is 61.5 Å². The summed E-state index contributed by atoms with van der Waals surface area (Å²) in [7, 11) is 0. The van der Waals surface area contributed by atoms with Crippen LogP contribution in [-0.2, 0) is 4.79 Å². The molecule has 4 N–H and O–H groups in total. The molecule has 3 aromatic rings. The van der Waals surface area contributed by atoms with Crippen molar-refractivity contribution in [1.29, 1.82) is 10.7 Å². The summed E-state index contributed by atoms with van der Waals surface area (Å²) in [5, 5.41) is 26.1. The number of aliphatic carboxylic acids is 1. The summed E-state index contributed by atoms with van der Waals surface area (Å²) >= 11 is 0. The summed E-state index contributed by atoms with van der Waals surface area (Å²) in [5.74, 6) is -0.998. The van der Waals surface area contributed by atoms with Crippen molar-refractivity contribution < 1.29 is 9.90 Å². The molecule has 0 aliphatic carbocycles. The van der Waals surface area contributed by atoms with Gasteiger partial charge in [-0.15, -0.1) is 0 Å². The van der Waals surface area contributed by atoms with Gasteiger partial charge in [0, 0.05) is 23.5 Å². The zero-order valence-electron chi connectivity index (χ0n) is 18.6. The van der Waals surface area contributed by atoms with Crippen LogP contribution in [0.5, 0.6) is 0 Å². The molecule has 0 aliphatic heterocycles. The van der Waals surface area contributed by atoms with Crippen molar-refractivity contribution in [2.24, 2.45) is 0 Å². The van der Waals surface area contributed by atoms with E-state index >= 15 is 0 Å². The highest BCUT2D eigenvalue weighted by molar-refractivity contribution is 6.01. The van der Waals surface area contributed by atoms with Crippen molar-refractivity contribution in [3.63, 3.8) is 0 Å².